The minimum absolute atomic E-state index is 0.0403. The van der Waals surface area contributed by atoms with Crippen LogP contribution in [0.2, 0.25) is 0 Å². The van der Waals surface area contributed by atoms with Crippen LogP contribution in [0.25, 0.3) is 0 Å². The summed E-state index contributed by atoms with van der Waals surface area (Å²) in [6.45, 7) is 8.56. The number of hydrogen-bond donors (Lipinski definition) is 1. The van der Waals surface area contributed by atoms with Gasteiger partial charge in [0.2, 0.25) is 5.91 Å². The molecular weight excluding hydrogens is 264 g/mol. The minimum atomic E-state index is -0.0403. The Hall–Kier alpha value is -0.610. The van der Waals surface area contributed by atoms with E-state index in [1.807, 2.05) is 0 Å². The second-order valence-electron chi connectivity index (χ2n) is 7.96. The summed E-state index contributed by atoms with van der Waals surface area (Å²) in [7, 11) is 0. The fourth-order valence-corrected chi connectivity index (χ4v) is 4.59. The molecule has 3 rings (SSSR count). The lowest BCUT2D eigenvalue weighted by Gasteiger charge is -2.49. The summed E-state index contributed by atoms with van der Waals surface area (Å²) >= 11 is 0. The first kappa shape index (κ1) is 15.3. The zero-order valence-corrected chi connectivity index (χ0v) is 13.6. The Kier molecular flexibility index (Phi) is 4.28. The average molecular weight is 294 g/mol. The molecule has 1 spiro atoms. The maximum Gasteiger partial charge on any atom is 0.220 e. The standard InChI is InChI=1S/C17H30N2O2/c1-16(2)12-19(13-17(21-16)8-3-4-9-17)11-14-5-6-15(20)18-10-7-14/h14H,3-13H2,1-2H3,(H,18,20). The molecule has 1 amide bonds. The molecule has 1 N–H and O–H groups in total. The number of nitrogens with one attached hydrogen (secondary N) is 1. The first-order valence-corrected chi connectivity index (χ1v) is 8.66. The van der Waals surface area contributed by atoms with Crippen LogP contribution >= 0.6 is 0 Å². The molecule has 1 atom stereocenters. The zero-order valence-electron chi connectivity index (χ0n) is 13.6. The number of hydrogen-bond acceptors (Lipinski definition) is 3. The molecule has 0 aromatic heterocycles. The molecule has 2 heterocycles. The Bertz CT molecular complexity index is 388. The monoisotopic (exact) mass is 294 g/mol. The Labute approximate surface area is 128 Å². The van der Waals surface area contributed by atoms with Crippen molar-refractivity contribution in [1.82, 2.24) is 10.2 Å². The molecule has 0 bridgehead atoms. The molecule has 1 unspecified atom stereocenters. The highest BCUT2D eigenvalue weighted by Crippen LogP contribution is 2.41. The van der Waals surface area contributed by atoms with Crippen molar-refractivity contribution in [3.8, 4) is 0 Å². The van der Waals surface area contributed by atoms with Crippen LogP contribution in [0.3, 0.4) is 0 Å². The van der Waals surface area contributed by atoms with E-state index in [0.29, 0.717) is 12.3 Å². The summed E-state index contributed by atoms with van der Waals surface area (Å²) in [5, 5.41) is 2.99. The third-order valence-electron chi connectivity index (χ3n) is 5.29. The van der Waals surface area contributed by atoms with Gasteiger partial charge in [0.15, 0.2) is 0 Å². The lowest BCUT2D eigenvalue weighted by atomic mass is 9.92. The number of morpholine rings is 1. The van der Waals surface area contributed by atoms with E-state index in [1.54, 1.807) is 0 Å². The third kappa shape index (κ3) is 3.78. The highest BCUT2D eigenvalue weighted by atomic mass is 16.5. The largest absolute Gasteiger partial charge is 0.366 e. The molecular formula is C17H30N2O2. The quantitative estimate of drug-likeness (QED) is 0.850. The molecule has 1 saturated carbocycles. The van der Waals surface area contributed by atoms with E-state index in [1.165, 1.54) is 25.7 Å². The van der Waals surface area contributed by atoms with Gasteiger partial charge in [0.05, 0.1) is 11.2 Å². The SMILES string of the molecule is CC1(C)CN(CC2CCNC(=O)CC2)CC2(CCCC2)O1. The highest BCUT2D eigenvalue weighted by molar-refractivity contribution is 5.76. The van der Waals surface area contributed by atoms with E-state index in [2.05, 4.69) is 24.1 Å². The van der Waals surface area contributed by atoms with E-state index in [0.717, 1.165) is 39.0 Å². The summed E-state index contributed by atoms with van der Waals surface area (Å²) in [4.78, 5) is 14.1. The summed E-state index contributed by atoms with van der Waals surface area (Å²) in [5.74, 6) is 0.878. The number of nitrogens with zero attached hydrogens (tertiary/aromatic N) is 1. The van der Waals surface area contributed by atoms with Gasteiger partial charge in [0.25, 0.3) is 0 Å². The van der Waals surface area contributed by atoms with E-state index >= 15 is 0 Å². The molecule has 21 heavy (non-hydrogen) atoms. The smallest absolute Gasteiger partial charge is 0.220 e. The molecule has 1 aliphatic carbocycles. The van der Waals surface area contributed by atoms with E-state index in [4.69, 9.17) is 4.74 Å². The van der Waals surface area contributed by atoms with Gasteiger partial charge in [-0.3, -0.25) is 9.69 Å². The van der Waals surface area contributed by atoms with Crippen molar-refractivity contribution in [2.45, 2.75) is 70.0 Å². The lowest BCUT2D eigenvalue weighted by molar-refractivity contribution is -0.195. The van der Waals surface area contributed by atoms with E-state index in [9.17, 15) is 4.79 Å². The Balaban J connectivity index is 1.62. The zero-order chi connectivity index (χ0) is 14.9. The second-order valence-corrected chi connectivity index (χ2v) is 7.96. The fraction of sp³-hybridized carbons (Fsp3) is 0.941. The van der Waals surface area contributed by atoms with Crippen molar-refractivity contribution in [3.63, 3.8) is 0 Å². The van der Waals surface area contributed by atoms with E-state index in [-0.39, 0.29) is 17.1 Å². The highest BCUT2D eigenvalue weighted by Gasteiger charge is 2.45. The van der Waals surface area contributed by atoms with Gasteiger partial charge in [0.1, 0.15) is 0 Å². The van der Waals surface area contributed by atoms with Crippen LogP contribution < -0.4 is 5.32 Å². The number of amides is 1. The molecule has 3 aliphatic rings. The molecule has 120 valence electrons. The van der Waals surface area contributed by atoms with Crippen molar-refractivity contribution in [3.05, 3.63) is 0 Å². The Morgan fingerprint density at radius 1 is 1.24 bits per heavy atom. The molecule has 3 fully saturated rings. The van der Waals surface area contributed by atoms with Crippen LogP contribution in [0.1, 0.15) is 58.8 Å². The average Bonchev–Trinajstić information content (AvgIpc) is 2.70. The molecule has 0 aromatic carbocycles. The van der Waals surface area contributed by atoms with Crippen molar-refractivity contribution < 1.29 is 9.53 Å². The van der Waals surface area contributed by atoms with Gasteiger partial charge in [0, 0.05) is 32.6 Å². The van der Waals surface area contributed by atoms with E-state index < -0.39 is 0 Å². The first-order valence-electron chi connectivity index (χ1n) is 8.66. The van der Waals surface area contributed by atoms with Gasteiger partial charge in [-0.05, 0) is 45.4 Å². The maximum atomic E-state index is 11.5. The lowest BCUT2D eigenvalue weighted by Crippen LogP contribution is -2.59. The molecule has 2 aliphatic heterocycles. The van der Waals surface area contributed by atoms with Gasteiger partial charge in [-0.25, -0.2) is 0 Å². The molecule has 4 nitrogen and oxygen atoms in total. The number of ether oxygens (including phenoxy) is 1. The van der Waals surface area contributed by atoms with Crippen LogP contribution in [-0.4, -0.2) is 48.2 Å². The Morgan fingerprint density at radius 2 is 2.00 bits per heavy atom. The molecule has 0 aromatic rings. The summed E-state index contributed by atoms with van der Waals surface area (Å²) in [6, 6.07) is 0. The molecule has 4 heteroatoms. The van der Waals surface area contributed by atoms with Gasteiger partial charge >= 0.3 is 0 Å². The number of carbonyl (C=O) groups excluding carboxylic acids is 1. The minimum Gasteiger partial charge on any atom is -0.366 e. The molecule has 2 saturated heterocycles. The predicted molar refractivity (Wildman–Crippen MR) is 83.2 cm³/mol. The van der Waals surface area contributed by atoms with Gasteiger partial charge in [-0.1, -0.05) is 12.8 Å². The van der Waals surface area contributed by atoms with Crippen LogP contribution in [-0.2, 0) is 9.53 Å². The Morgan fingerprint density at radius 3 is 2.76 bits per heavy atom. The van der Waals surface area contributed by atoms with Crippen LogP contribution in [0.5, 0.6) is 0 Å². The summed E-state index contributed by atoms with van der Waals surface area (Å²) in [6.07, 6.45) is 7.92. The third-order valence-corrected chi connectivity index (χ3v) is 5.29. The fourth-order valence-electron chi connectivity index (χ4n) is 4.59. The van der Waals surface area contributed by atoms with Gasteiger partial charge in [-0.15, -0.1) is 0 Å². The normalized spacial score (nSPS) is 32.9. The van der Waals surface area contributed by atoms with Crippen LogP contribution in [0.15, 0.2) is 0 Å². The predicted octanol–water partition coefficient (Wildman–Crippen LogP) is 2.33. The van der Waals surface area contributed by atoms with Gasteiger partial charge < -0.3 is 10.1 Å². The first-order chi connectivity index (χ1) is 9.96. The number of rotatable bonds is 2. The van der Waals surface area contributed by atoms with Crippen molar-refractivity contribution in [1.29, 1.82) is 0 Å². The van der Waals surface area contributed by atoms with Crippen molar-refractivity contribution >= 4 is 5.91 Å². The van der Waals surface area contributed by atoms with Crippen LogP contribution in [0, 0.1) is 5.92 Å². The second kappa shape index (κ2) is 5.88. The van der Waals surface area contributed by atoms with Crippen molar-refractivity contribution in [2.75, 3.05) is 26.2 Å². The summed E-state index contributed by atoms with van der Waals surface area (Å²) in [5.41, 5.74) is 0.0714. The topological polar surface area (TPSA) is 41.6 Å². The number of carbonyl (C=O) groups is 1. The summed E-state index contributed by atoms with van der Waals surface area (Å²) < 4.78 is 6.48. The van der Waals surface area contributed by atoms with Crippen LogP contribution in [0.4, 0.5) is 0 Å². The maximum absolute atomic E-state index is 11.5. The van der Waals surface area contributed by atoms with Crippen molar-refractivity contribution in [2.24, 2.45) is 5.92 Å². The molecule has 0 radical (unpaired) electrons. The van der Waals surface area contributed by atoms with Gasteiger partial charge in [-0.2, -0.15) is 0 Å².